The number of H-pyrrole nitrogens is 1. The molecule has 2 nitrogen and oxygen atoms in total. The van der Waals surface area contributed by atoms with E-state index in [1.165, 1.54) is 16.5 Å². The fourth-order valence-electron chi connectivity index (χ4n) is 2.08. The van der Waals surface area contributed by atoms with Gasteiger partial charge in [0.25, 0.3) is 0 Å². The third-order valence-corrected chi connectivity index (χ3v) is 2.97. The summed E-state index contributed by atoms with van der Waals surface area (Å²) >= 11 is 0. The van der Waals surface area contributed by atoms with Gasteiger partial charge >= 0.3 is 0 Å². The first-order valence-electron chi connectivity index (χ1n) is 5.59. The Labute approximate surface area is 99.9 Å². The van der Waals surface area contributed by atoms with Crippen LogP contribution < -0.4 is 4.74 Å². The molecule has 84 valence electrons. The summed E-state index contributed by atoms with van der Waals surface area (Å²) in [5, 5.41) is 1.19. The monoisotopic (exact) mass is 223 g/mol. The van der Waals surface area contributed by atoms with Gasteiger partial charge in [0, 0.05) is 22.7 Å². The minimum absolute atomic E-state index is 0.884. The van der Waals surface area contributed by atoms with Gasteiger partial charge in [0.2, 0.25) is 0 Å². The molecule has 0 fully saturated rings. The van der Waals surface area contributed by atoms with Gasteiger partial charge in [-0.25, -0.2) is 0 Å². The highest BCUT2D eigenvalue weighted by Crippen LogP contribution is 2.30. The summed E-state index contributed by atoms with van der Waals surface area (Å²) in [7, 11) is 1.69. The molecule has 1 heterocycles. The number of methoxy groups -OCH3 is 1. The van der Waals surface area contributed by atoms with Crippen molar-refractivity contribution in [1.29, 1.82) is 0 Å². The van der Waals surface area contributed by atoms with Gasteiger partial charge in [-0.3, -0.25) is 0 Å². The van der Waals surface area contributed by atoms with Crippen molar-refractivity contribution in [2.45, 2.75) is 0 Å². The molecule has 3 rings (SSSR count). The normalized spacial score (nSPS) is 10.6. The molecule has 0 unspecified atom stereocenters. The first-order valence-corrected chi connectivity index (χ1v) is 5.59. The lowest BCUT2D eigenvalue weighted by Gasteiger charge is -2.02. The zero-order chi connectivity index (χ0) is 11.7. The number of aromatic amines is 1. The molecule has 1 N–H and O–H groups in total. The van der Waals surface area contributed by atoms with E-state index in [2.05, 4.69) is 23.2 Å². The van der Waals surface area contributed by atoms with Crippen LogP contribution in [0.15, 0.2) is 54.7 Å². The van der Waals surface area contributed by atoms with E-state index in [4.69, 9.17) is 4.74 Å². The fraction of sp³-hybridized carbons (Fsp3) is 0.0667. The van der Waals surface area contributed by atoms with Crippen molar-refractivity contribution in [3.05, 3.63) is 54.7 Å². The smallest absolute Gasteiger partial charge is 0.119 e. The van der Waals surface area contributed by atoms with Crippen LogP contribution in [-0.4, -0.2) is 12.1 Å². The average Bonchev–Trinajstić information content (AvgIpc) is 2.82. The molecular formula is C15H13NO. The summed E-state index contributed by atoms with van der Waals surface area (Å²) in [6.07, 6.45) is 2.04. The van der Waals surface area contributed by atoms with Crippen molar-refractivity contribution in [2.75, 3.05) is 7.11 Å². The van der Waals surface area contributed by atoms with Gasteiger partial charge in [-0.15, -0.1) is 0 Å². The van der Waals surface area contributed by atoms with Gasteiger partial charge in [0.05, 0.1) is 7.11 Å². The summed E-state index contributed by atoms with van der Waals surface area (Å²) in [4.78, 5) is 3.28. The van der Waals surface area contributed by atoms with Crippen LogP contribution in [0.5, 0.6) is 5.75 Å². The second-order valence-corrected chi connectivity index (χ2v) is 3.98. The Balaban J connectivity index is 2.23. The van der Waals surface area contributed by atoms with E-state index < -0.39 is 0 Å². The van der Waals surface area contributed by atoms with Crippen LogP contribution in [0.25, 0.3) is 22.0 Å². The molecular weight excluding hydrogens is 210 g/mol. The van der Waals surface area contributed by atoms with Crippen LogP contribution >= 0.6 is 0 Å². The zero-order valence-electron chi connectivity index (χ0n) is 9.60. The summed E-state index contributed by atoms with van der Waals surface area (Å²) in [6.45, 7) is 0. The van der Waals surface area contributed by atoms with Crippen molar-refractivity contribution >= 4 is 10.9 Å². The zero-order valence-corrected chi connectivity index (χ0v) is 9.60. The Kier molecular flexibility index (Phi) is 2.33. The van der Waals surface area contributed by atoms with Crippen molar-refractivity contribution in [3.8, 4) is 16.9 Å². The average molecular weight is 223 g/mol. The lowest BCUT2D eigenvalue weighted by Crippen LogP contribution is -1.81. The maximum Gasteiger partial charge on any atom is 0.119 e. The molecule has 0 aliphatic carbocycles. The molecule has 0 aliphatic heterocycles. The van der Waals surface area contributed by atoms with Crippen molar-refractivity contribution in [3.63, 3.8) is 0 Å². The maximum absolute atomic E-state index is 5.27. The Bertz CT molecular complexity index is 640. The van der Waals surface area contributed by atoms with Gasteiger partial charge in [-0.2, -0.15) is 0 Å². The second kappa shape index (κ2) is 3.98. The Morgan fingerprint density at radius 3 is 2.59 bits per heavy atom. The Morgan fingerprint density at radius 2 is 1.82 bits per heavy atom. The molecule has 2 heteroatoms. The van der Waals surface area contributed by atoms with Crippen LogP contribution in [0.2, 0.25) is 0 Å². The first-order chi connectivity index (χ1) is 8.38. The minimum atomic E-state index is 0.884. The highest BCUT2D eigenvalue weighted by atomic mass is 16.5. The number of hydrogen-bond acceptors (Lipinski definition) is 1. The molecule has 0 saturated carbocycles. The largest absolute Gasteiger partial charge is 0.497 e. The number of rotatable bonds is 2. The quantitative estimate of drug-likeness (QED) is 0.701. The molecule has 2 aromatic carbocycles. The standard InChI is InChI=1S/C15H13NO/c1-17-12-7-8-15-13(9-12)14(10-16-15)11-5-3-2-4-6-11/h2-10,16H,1H3. The third-order valence-electron chi connectivity index (χ3n) is 2.97. The van der Waals surface area contributed by atoms with E-state index in [1.54, 1.807) is 7.11 Å². The van der Waals surface area contributed by atoms with E-state index in [0.29, 0.717) is 0 Å². The minimum Gasteiger partial charge on any atom is -0.497 e. The fourth-order valence-corrected chi connectivity index (χ4v) is 2.08. The van der Waals surface area contributed by atoms with Crippen molar-refractivity contribution < 1.29 is 4.74 Å². The molecule has 3 aromatic rings. The lowest BCUT2D eigenvalue weighted by molar-refractivity contribution is 0.415. The predicted molar refractivity (Wildman–Crippen MR) is 70.3 cm³/mol. The van der Waals surface area contributed by atoms with Crippen LogP contribution in [0, 0.1) is 0 Å². The number of fused-ring (bicyclic) bond motifs is 1. The van der Waals surface area contributed by atoms with E-state index >= 15 is 0 Å². The van der Waals surface area contributed by atoms with Crippen LogP contribution in [0.1, 0.15) is 0 Å². The number of benzene rings is 2. The number of nitrogens with one attached hydrogen (secondary N) is 1. The summed E-state index contributed by atoms with van der Waals surface area (Å²) in [6, 6.07) is 16.4. The topological polar surface area (TPSA) is 25.0 Å². The number of aromatic nitrogens is 1. The molecule has 0 aliphatic rings. The van der Waals surface area contributed by atoms with Gasteiger partial charge in [-0.05, 0) is 23.8 Å². The van der Waals surface area contributed by atoms with Gasteiger partial charge in [0.1, 0.15) is 5.75 Å². The summed E-state index contributed by atoms with van der Waals surface area (Å²) in [5.74, 6) is 0.884. The lowest BCUT2D eigenvalue weighted by atomic mass is 10.0. The van der Waals surface area contributed by atoms with Crippen molar-refractivity contribution in [2.24, 2.45) is 0 Å². The molecule has 0 bridgehead atoms. The highest BCUT2D eigenvalue weighted by molar-refractivity contribution is 5.96. The first kappa shape index (κ1) is 9.97. The SMILES string of the molecule is COc1ccc2[nH]cc(-c3ccccc3)c2c1. The molecule has 0 atom stereocenters. The van der Waals surface area contributed by atoms with E-state index in [-0.39, 0.29) is 0 Å². The molecule has 1 aromatic heterocycles. The van der Waals surface area contributed by atoms with Gasteiger partial charge < -0.3 is 9.72 Å². The predicted octanol–water partition coefficient (Wildman–Crippen LogP) is 3.84. The van der Waals surface area contributed by atoms with Gasteiger partial charge in [-0.1, -0.05) is 30.3 Å². The van der Waals surface area contributed by atoms with Crippen LogP contribution in [0.4, 0.5) is 0 Å². The molecule has 0 spiro atoms. The molecule has 17 heavy (non-hydrogen) atoms. The summed E-state index contributed by atoms with van der Waals surface area (Å²) < 4.78 is 5.27. The highest BCUT2D eigenvalue weighted by Gasteiger charge is 2.06. The Morgan fingerprint density at radius 1 is 1.00 bits per heavy atom. The number of hydrogen-bond donors (Lipinski definition) is 1. The number of ether oxygens (including phenoxy) is 1. The molecule has 0 radical (unpaired) electrons. The van der Waals surface area contributed by atoms with Crippen molar-refractivity contribution in [1.82, 2.24) is 4.98 Å². The summed E-state index contributed by atoms with van der Waals surface area (Å²) in [5.41, 5.74) is 3.55. The Hall–Kier alpha value is -2.22. The second-order valence-electron chi connectivity index (χ2n) is 3.98. The van der Waals surface area contributed by atoms with Crippen LogP contribution in [-0.2, 0) is 0 Å². The maximum atomic E-state index is 5.27. The van der Waals surface area contributed by atoms with E-state index in [9.17, 15) is 0 Å². The van der Waals surface area contributed by atoms with E-state index in [0.717, 1.165) is 11.3 Å². The molecule has 0 amide bonds. The van der Waals surface area contributed by atoms with E-state index in [1.807, 2.05) is 36.5 Å². The molecule has 0 saturated heterocycles. The van der Waals surface area contributed by atoms with Crippen LogP contribution in [0.3, 0.4) is 0 Å². The van der Waals surface area contributed by atoms with Gasteiger partial charge in [0.15, 0.2) is 0 Å². The third kappa shape index (κ3) is 1.68.